The van der Waals surface area contributed by atoms with Crippen molar-refractivity contribution >= 4 is 29.4 Å². The monoisotopic (exact) mass is 405 g/mol. The quantitative estimate of drug-likeness (QED) is 0.572. The number of nitrogens with one attached hydrogen (secondary N) is 2. The third-order valence-corrected chi connectivity index (χ3v) is 5.63. The third-order valence-electron chi connectivity index (χ3n) is 4.49. The highest BCUT2D eigenvalue weighted by atomic mass is 35.5. The number of nitrogens with zero attached hydrogens (tertiary/aromatic N) is 3. The van der Waals surface area contributed by atoms with Crippen molar-refractivity contribution in [3.05, 3.63) is 59.5 Å². The van der Waals surface area contributed by atoms with E-state index in [4.69, 9.17) is 16.3 Å². The molecular weight excluding hydrogens is 389 g/mol. The van der Waals surface area contributed by atoms with Gasteiger partial charge >= 0.3 is 0 Å². The van der Waals surface area contributed by atoms with Crippen molar-refractivity contribution in [3.63, 3.8) is 0 Å². The Bertz CT molecular complexity index is 896. The molecule has 2 atom stereocenters. The Labute approximate surface area is 165 Å². The Morgan fingerprint density at radius 2 is 2.19 bits per heavy atom. The van der Waals surface area contributed by atoms with Crippen LogP contribution in [0.25, 0.3) is 0 Å². The molecular formula is C18H17ClFN5OS. The van der Waals surface area contributed by atoms with Crippen LogP contribution in [0.2, 0.25) is 5.02 Å². The Hall–Kier alpha value is -2.32. The maximum absolute atomic E-state index is 14.5. The van der Waals surface area contributed by atoms with Crippen molar-refractivity contribution in [3.8, 4) is 5.75 Å². The van der Waals surface area contributed by atoms with Gasteiger partial charge in [0.15, 0.2) is 0 Å². The second-order valence-electron chi connectivity index (χ2n) is 6.22. The highest BCUT2D eigenvalue weighted by molar-refractivity contribution is 8.00. The molecule has 1 unspecified atom stereocenters. The number of aromatic amines is 1. The van der Waals surface area contributed by atoms with Gasteiger partial charge in [0.05, 0.1) is 9.92 Å². The van der Waals surface area contributed by atoms with E-state index >= 15 is 0 Å². The lowest BCUT2D eigenvalue weighted by molar-refractivity contribution is 0.188. The number of benzene rings is 1. The molecule has 0 spiro atoms. The molecule has 0 aliphatic heterocycles. The van der Waals surface area contributed by atoms with Crippen LogP contribution >= 0.6 is 23.5 Å². The zero-order valence-electron chi connectivity index (χ0n) is 14.2. The SMILES string of the molecule is Fc1cc(OC2CCC[C@H]2c2ccn[nH]2)c(Cl)cc1SNc1ccncn1. The van der Waals surface area contributed by atoms with Gasteiger partial charge in [0, 0.05) is 30.1 Å². The van der Waals surface area contributed by atoms with Gasteiger partial charge < -0.3 is 9.46 Å². The van der Waals surface area contributed by atoms with Gasteiger partial charge in [0.1, 0.15) is 29.8 Å². The fraction of sp³-hybridized carbons (Fsp3) is 0.278. The minimum atomic E-state index is -0.406. The third kappa shape index (κ3) is 4.17. The number of anilines is 1. The molecule has 1 aromatic carbocycles. The first-order chi connectivity index (χ1) is 13.2. The minimum Gasteiger partial charge on any atom is -0.488 e. The normalized spacial score (nSPS) is 19.2. The molecule has 6 nitrogen and oxygen atoms in total. The van der Waals surface area contributed by atoms with Crippen molar-refractivity contribution in [2.24, 2.45) is 0 Å². The summed E-state index contributed by atoms with van der Waals surface area (Å²) in [5, 5.41) is 7.39. The first-order valence-electron chi connectivity index (χ1n) is 8.54. The fourth-order valence-corrected chi connectivity index (χ4v) is 4.14. The number of halogens is 2. The molecule has 4 rings (SSSR count). The van der Waals surface area contributed by atoms with E-state index in [1.807, 2.05) is 6.07 Å². The van der Waals surface area contributed by atoms with Gasteiger partial charge in [-0.2, -0.15) is 5.10 Å². The number of hydrogen-bond donors (Lipinski definition) is 2. The molecule has 2 aromatic heterocycles. The molecule has 2 N–H and O–H groups in total. The first-order valence-corrected chi connectivity index (χ1v) is 9.74. The Morgan fingerprint density at radius 1 is 1.26 bits per heavy atom. The van der Waals surface area contributed by atoms with Crippen LogP contribution in [0.4, 0.5) is 10.2 Å². The van der Waals surface area contributed by atoms with Crippen molar-refractivity contribution < 1.29 is 9.13 Å². The van der Waals surface area contributed by atoms with E-state index in [-0.39, 0.29) is 12.0 Å². The zero-order chi connectivity index (χ0) is 18.6. The van der Waals surface area contributed by atoms with Crippen LogP contribution in [0.5, 0.6) is 5.75 Å². The predicted octanol–water partition coefficient (Wildman–Crippen LogP) is 4.83. The lowest BCUT2D eigenvalue weighted by Gasteiger charge is -2.21. The summed E-state index contributed by atoms with van der Waals surface area (Å²) in [6.07, 6.45) is 7.64. The Balaban J connectivity index is 1.47. The van der Waals surface area contributed by atoms with Crippen molar-refractivity contribution in [1.82, 2.24) is 20.2 Å². The van der Waals surface area contributed by atoms with Crippen molar-refractivity contribution in [2.75, 3.05) is 4.72 Å². The number of ether oxygens (including phenoxy) is 1. The lowest BCUT2D eigenvalue weighted by Crippen LogP contribution is -2.20. The number of aromatic nitrogens is 4. The molecule has 1 aliphatic carbocycles. The van der Waals surface area contributed by atoms with Crippen LogP contribution in [0, 0.1) is 5.82 Å². The van der Waals surface area contributed by atoms with Crippen LogP contribution in [0.15, 0.2) is 47.9 Å². The Kier molecular flexibility index (Phi) is 5.45. The number of hydrogen-bond acceptors (Lipinski definition) is 6. The highest BCUT2D eigenvalue weighted by Crippen LogP contribution is 2.39. The summed E-state index contributed by atoms with van der Waals surface area (Å²) in [6, 6.07) is 6.55. The fourth-order valence-electron chi connectivity index (χ4n) is 3.20. The predicted molar refractivity (Wildman–Crippen MR) is 103 cm³/mol. The van der Waals surface area contributed by atoms with E-state index in [1.165, 1.54) is 12.4 Å². The average Bonchev–Trinajstić information content (AvgIpc) is 3.35. The summed E-state index contributed by atoms with van der Waals surface area (Å²) in [6.45, 7) is 0. The smallest absolute Gasteiger partial charge is 0.142 e. The summed E-state index contributed by atoms with van der Waals surface area (Å²) in [5.41, 5.74) is 1.04. The summed E-state index contributed by atoms with van der Waals surface area (Å²) in [4.78, 5) is 8.24. The minimum absolute atomic E-state index is 0.0556. The second-order valence-corrected chi connectivity index (χ2v) is 7.47. The molecule has 140 valence electrons. The van der Waals surface area contributed by atoms with E-state index < -0.39 is 5.82 Å². The van der Waals surface area contributed by atoms with Gasteiger partial charge in [0.25, 0.3) is 0 Å². The maximum atomic E-state index is 14.5. The Morgan fingerprint density at radius 3 is 2.96 bits per heavy atom. The van der Waals surface area contributed by atoms with Crippen LogP contribution in [0.3, 0.4) is 0 Å². The largest absolute Gasteiger partial charge is 0.488 e. The van der Waals surface area contributed by atoms with Gasteiger partial charge in [0.2, 0.25) is 0 Å². The number of rotatable bonds is 6. The average molecular weight is 406 g/mol. The molecule has 0 radical (unpaired) electrons. The molecule has 0 amide bonds. The molecule has 3 aromatic rings. The van der Waals surface area contributed by atoms with E-state index in [0.29, 0.717) is 21.5 Å². The summed E-state index contributed by atoms with van der Waals surface area (Å²) >= 11 is 7.45. The van der Waals surface area contributed by atoms with Crippen LogP contribution in [0.1, 0.15) is 30.9 Å². The van der Waals surface area contributed by atoms with Gasteiger partial charge in [-0.25, -0.2) is 14.4 Å². The molecule has 0 bridgehead atoms. The highest BCUT2D eigenvalue weighted by Gasteiger charge is 2.32. The van der Waals surface area contributed by atoms with E-state index in [2.05, 4.69) is 24.9 Å². The molecule has 9 heteroatoms. The summed E-state index contributed by atoms with van der Waals surface area (Å²) in [7, 11) is 0. The summed E-state index contributed by atoms with van der Waals surface area (Å²) in [5.74, 6) is 0.744. The molecule has 1 aliphatic rings. The van der Waals surface area contributed by atoms with Crippen LogP contribution < -0.4 is 9.46 Å². The van der Waals surface area contributed by atoms with Gasteiger partial charge in [-0.15, -0.1) is 0 Å². The topological polar surface area (TPSA) is 75.7 Å². The molecule has 27 heavy (non-hydrogen) atoms. The van der Waals surface area contributed by atoms with E-state index in [0.717, 1.165) is 36.9 Å². The van der Waals surface area contributed by atoms with Gasteiger partial charge in [-0.1, -0.05) is 11.6 Å². The molecule has 0 saturated heterocycles. The second kappa shape index (κ2) is 8.14. The van der Waals surface area contributed by atoms with E-state index in [9.17, 15) is 4.39 Å². The van der Waals surface area contributed by atoms with Crippen LogP contribution in [-0.2, 0) is 0 Å². The first kappa shape index (κ1) is 18.1. The zero-order valence-corrected chi connectivity index (χ0v) is 15.8. The molecule has 1 fully saturated rings. The lowest BCUT2D eigenvalue weighted by atomic mass is 10.0. The van der Waals surface area contributed by atoms with Gasteiger partial charge in [-0.3, -0.25) is 5.10 Å². The maximum Gasteiger partial charge on any atom is 0.142 e. The van der Waals surface area contributed by atoms with Gasteiger partial charge in [-0.05, 0) is 49.4 Å². The summed E-state index contributed by atoms with van der Waals surface area (Å²) < 4.78 is 23.6. The molecule has 2 heterocycles. The van der Waals surface area contributed by atoms with Crippen molar-refractivity contribution in [1.29, 1.82) is 0 Å². The van der Waals surface area contributed by atoms with Crippen molar-refractivity contribution in [2.45, 2.75) is 36.2 Å². The number of H-pyrrole nitrogens is 1. The molecule has 1 saturated carbocycles. The van der Waals surface area contributed by atoms with Crippen LogP contribution in [-0.4, -0.2) is 26.3 Å². The standard InChI is InChI=1S/C18H17ClFN5OS/c19-12-8-17(27-25-18-5-6-21-10-22-18)13(20)9-16(12)26-15-3-1-2-11(15)14-4-7-23-24-14/h4-11,15H,1-3H2,(H,23,24)(H,21,22,25)/t11-,15?/m0/s1. The van der Waals surface area contributed by atoms with E-state index in [1.54, 1.807) is 24.5 Å².